The summed E-state index contributed by atoms with van der Waals surface area (Å²) >= 11 is 0. The highest BCUT2D eigenvalue weighted by atomic mass is 32.2. The maximum absolute atomic E-state index is 14.6. The van der Waals surface area contributed by atoms with E-state index in [1.54, 1.807) is 60.7 Å². The molecule has 0 aliphatic carbocycles. The Balaban J connectivity index is 1.37. The molecular weight excluding hydrogens is 513 g/mol. The second-order valence-electron chi connectivity index (χ2n) is 10.7. The zero-order chi connectivity index (χ0) is 27.5. The van der Waals surface area contributed by atoms with Crippen molar-refractivity contribution >= 4 is 28.3 Å². The zero-order valence-electron chi connectivity index (χ0n) is 22.4. The highest BCUT2D eigenvalue weighted by Gasteiger charge is 2.32. The number of carbonyl (C=O) groups excluding carboxylic acids is 2. The summed E-state index contributed by atoms with van der Waals surface area (Å²) in [4.78, 5) is 31.5. The van der Waals surface area contributed by atoms with Crippen LogP contribution in [0.1, 0.15) is 53.0 Å². The van der Waals surface area contributed by atoms with Gasteiger partial charge in [-0.15, -0.1) is 0 Å². The monoisotopic (exact) mass is 547 g/mol. The lowest BCUT2D eigenvalue weighted by Gasteiger charge is -2.34. The van der Waals surface area contributed by atoms with Gasteiger partial charge in [0.05, 0.1) is 38.4 Å². The molecule has 1 fully saturated rings. The van der Waals surface area contributed by atoms with Gasteiger partial charge in [0.25, 0.3) is 11.8 Å². The van der Waals surface area contributed by atoms with Crippen molar-refractivity contribution in [2.45, 2.75) is 43.0 Å². The average molecular weight is 548 g/mol. The van der Waals surface area contributed by atoms with Crippen molar-refractivity contribution in [3.63, 3.8) is 0 Å². The van der Waals surface area contributed by atoms with E-state index in [0.29, 0.717) is 50.5 Å². The number of hydrogen-bond acceptors (Lipinski definition) is 4. The molecule has 0 aromatic heterocycles. The van der Waals surface area contributed by atoms with E-state index < -0.39 is 16.6 Å². The van der Waals surface area contributed by atoms with Gasteiger partial charge in [-0.3, -0.25) is 9.59 Å². The number of nitrogens with zero attached hydrogens (tertiary/aromatic N) is 2. The largest absolute Gasteiger partial charge is 0.352 e. The molecule has 0 radical (unpaired) electrons. The minimum atomic E-state index is -1.64. The molecule has 3 aromatic rings. The van der Waals surface area contributed by atoms with Gasteiger partial charge in [0.2, 0.25) is 0 Å². The lowest BCUT2D eigenvalue weighted by Crippen LogP contribution is -2.40. The third-order valence-electron chi connectivity index (χ3n) is 7.44. The first-order valence-corrected chi connectivity index (χ1v) is 14.7. The van der Waals surface area contributed by atoms with Gasteiger partial charge < -0.3 is 15.1 Å². The van der Waals surface area contributed by atoms with E-state index in [9.17, 15) is 18.2 Å². The van der Waals surface area contributed by atoms with E-state index >= 15 is 0 Å². The predicted octanol–water partition coefficient (Wildman–Crippen LogP) is 5.25. The third kappa shape index (κ3) is 5.97. The van der Waals surface area contributed by atoms with Gasteiger partial charge in [-0.2, -0.15) is 0 Å². The van der Waals surface area contributed by atoms with Gasteiger partial charge in [-0.1, -0.05) is 44.2 Å². The number of anilines is 1. The van der Waals surface area contributed by atoms with Gasteiger partial charge in [0, 0.05) is 30.8 Å². The van der Waals surface area contributed by atoms with Crippen LogP contribution >= 0.6 is 0 Å². The lowest BCUT2D eigenvalue weighted by molar-refractivity contribution is 0.0944. The summed E-state index contributed by atoms with van der Waals surface area (Å²) in [5.41, 5.74) is 1.35. The number of nitrogens with one attached hydrogen (secondary N) is 1. The molecule has 3 unspecified atom stereocenters. The average Bonchev–Trinajstić information content (AvgIpc) is 3.01. The van der Waals surface area contributed by atoms with E-state index in [0.717, 1.165) is 26.1 Å². The van der Waals surface area contributed by atoms with Crippen LogP contribution in [0, 0.1) is 17.7 Å². The molecule has 5 rings (SSSR count). The summed E-state index contributed by atoms with van der Waals surface area (Å²) in [6.07, 6.45) is 2.10. The third-order valence-corrected chi connectivity index (χ3v) is 8.94. The summed E-state index contributed by atoms with van der Waals surface area (Å²) < 4.78 is 28.2. The van der Waals surface area contributed by atoms with E-state index in [1.807, 2.05) is 0 Å². The quantitative estimate of drug-likeness (QED) is 0.410. The van der Waals surface area contributed by atoms with Gasteiger partial charge in [-0.25, -0.2) is 8.60 Å². The number of amides is 2. The number of rotatable bonds is 7. The molecular formula is C31H34FN3O3S. The SMILES string of the molecule is CC1CC(C)CN(CCCNC(=O)c2ccc3c(c2)N(Cc2ccccc2F)C(=O)c2ccccc2S3=O)C1. The van der Waals surface area contributed by atoms with Gasteiger partial charge >= 0.3 is 0 Å². The Morgan fingerprint density at radius 2 is 1.72 bits per heavy atom. The van der Waals surface area contributed by atoms with Crippen molar-refractivity contribution in [3.8, 4) is 0 Å². The molecule has 6 nitrogen and oxygen atoms in total. The molecule has 2 amide bonds. The molecule has 1 saturated heterocycles. The maximum Gasteiger partial charge on any atom is 0.259 e. The molecule has 2 aliphatic heterocycles. The van der Waals surface area contributed by atoms with Gasteiger partial charge in [-0.05, 0) is 67.6 Å². The molecule has 0 spiro atoms. The standard InChI is InChI=1S/C31H34FN3O3S/c1-21-16-22(2)19-34(18-21)15-7-14-33-30(36)23-12-13-29-27(17-23)35(20-24-8-3-5-10-26(24)32)31(37)25-9-4-6-11-28(25)39(29)38/h3-6,8-13,17,21-22H,7,14-16,18-20H2,1-2H3,(H,33,36). The Bertz CT molecular complexity index is 1400. The van der Waals surface area contributed by atoms with E-state index in [2.05, 4.69) is 24.1 Å². The van der Waals surface area contributed by atoms with Crippen molar-refractivity contribution in [2.24, 2.45) is 11.8 Å². The van der Waals surface area contributed by atoms with Crippen molar-refractivity contribution in [1.82, 2.24) is 10.2 Å². The fourth-order valence-corrected chi connectivity index (χ4v) is 7.08. The Morgan fingerprint density at radius 1 is 1.00 bits per heavy atom. The van der Waals surface area contributed by atoms with E-state index in [-0.39, 0.29) is 18.4 Å². The first-order valence-electron chi connectivity index (χ1n) is 13.5. The van der Waals surface area contributed by atoms with Crippen molar-refractivity contribution in [2.75, 3.05) is 31.1 Å². The van der Waals surface area contributed by atoms with Crippen LogP contribution in [0.15, 0.2) is 76.5 Å². The minimum absolute atomic E-state index is 0.0538. The van der Waals surface area contributed by atoms with Crippen molar-refractivity contribution < 1.29 is 18.2 Å². The van der Waals surface area contributed by atoms with E-state index in [4.69, 9.17) is 0 Å². The summed E-state index contributed by atoms with van der Waals surface area (Å²) in [6.45, 7) is 8.17. The number of fused-ring (bicyclic) bond motifs is 2. The molecule has 8 heteroatoms. The van der Waals surface area contributed by atoms with Crippen LogP contribution in [0.3, 0.4) is 0 Å². The van der Waals surface area contributed by atoms with Crippen LogP contribution in [-0.4, -0.2) is 47.1 Å². The number of benzene rings is 3. The highest BCUT2D eigenvalue weighted by Crippen LogP contribution is 2.36. The van der Waals surface area contributed by atoms with Crippen LogP contribution in [0.25, 0.3) is 0 Å². The smallest absolute Gasteiger partial charge is 0.259 e. The normalized spacial score (nSPS) is 21.2. The molecule has 204 valence electrons. The maximum atomic E-state index is 14.6. The Labute approximate surface area is 231 Å². The highest BCUT2D eigenvalue weighted by molar-refractivity contribution is 7.85. The Morgan fingerprint density at radius 3 is 2.49 bits per heavy atom. The van der Waals surface area contributed by atoms with Crippen LogP contribution in [0.2, 0.25) is 0 Å². The summed E-state index contributed by atoms with van der Waals surface area (Å²) in [5.74, 6) is 0.300. The molecule has 3 atom stereocenters. The Kier molecular flexibility index (Phi) is 8.23. The minimum Gasteiger partial charge on any atom is -0.352 e. The number of hydrogen-bond donors (Lipinski definition) is 1. The van der Waals surface area contributed by atoms with Crippen LogP contribution in [-0.2, 0) is 17.3 Å². The number of halogens is 1. The summed E-state index contributed by atoms with van der Waals surface area (Å²) in [6, 6.07) is 17.9. The molecule has 39 heavy (non-hydrogen) atoms. The van der Waals surface area contributed by atoms with Crippen molar-refractivity contribution in [3.05, 3.63) is 89.2 Å². The van der Waals surface area contributed by atoms with Crippen LogP contribution in [0.4, 0.5) is 10.1 Å². The predicted molar refractivity (Wildman–Crippen MR) is 151 cm³/mol. The fourth-order valence-electron chi connectivity index (χ4n) is 5.74. The first-order chi connectivity index (χ1) is 18.8. The van der Waals surface area contributed by atoms with Crippen LogP contribution < -0.4 is 10.2 Å². The molecule has 2 aliphatic rings. The second-order valence-corrected chi connectivity index (χ2v) is 12.2. The molecule has 0 saturated carbocycles. The fraction of sp³-hybridized carbons (Fsp3) is 0.355. The molecule has 3 aromatic carbocycles. The van der Waals surface area contributed by atoms with Gasteiger partial charge in [0.1, 0.15) is 5.82 Å². The molecule has 1 N–H and O–H groups in total. The Hall–Kier alpha value is -3.36. The number of piperidine rings is 1. The van der Waals surface area contributed by atoms with Crippen molar-refractivity contribution in [1.29, 1.82) is 0 Å². The van der Waals surface area contributed by atoms with Gasteiger partial charge in [0.15, 0.2) is 0 Å². The number of carbonyl (C=O) groups is 2. The number of likely N-dealkylation sites (tertiary alicyclic amines) is 1. The van der Waals surface area contributed by atoms with Crippen LogP contribution in [0.5, 0.6) is 0 Å². The van der Waals surface area contributed by atoms with E-state index in [1.165, 1.54) is 17.4 Å². The summed E-state index contributed by atoms with van der Waals surface area (Å²) in [5, 5.41) is 2.99. The second kappa shape index (κ2) is 11.8. The molecule has 2 heterocycles. The first kappa shape index (κ1) is 27.2. The topological polar surface area (TPSA) is 69.7 Å². The zero-order valence-corrected chi connectivity index (χ0v) is 23.2. The summed E-state index contributed by atoms with van der Waals surface area (Å²) in [7, 11) is -1.64. The lowest BCUT2D eigenvalue weighted by atomic mass is 9.92. The molecule has 0 bridgehead atoms.